The Morgan fingerprint density at radius 3 is 2.76 bits per heavy atom. The Kier molecular flexibility index (Phi) is 7.83. The molecular formula is C21H36IN5OS. The van der Waals surface area contributed by atoms with Crippen LogP contribution in [0.5, 0.6) is 0 Å². The van der Waals surface area contributed by atoms with Gasteiger partial charge in [0.1, 0.15) is 0 Å². The summed E-state index contributed by atoms with van der Waals surface area (Å²) in [4.78, 5) is 11.6. The van der Waals surface area contributed by atoms with E-state index in [2.05, 4.69) is 51.7 Å². The van der Waals surface area contributed by atoms with Crippen LogP contribution in [0.1, 0.15) is 43.8 Å². The molecule has 1 aromatic heterocycles. The highest BCUT2D eigenvalue weighted by Gasteiger charge is 2.59. The van der Waals surface area contributed by atoms with Crippen molar-refractivity contribution in [3.63, 3.8) is 0 Å². The standard InChI is InChI=1S/C21H35N5OS.HI/c1-14-24-16(13-28-14)12-26-8-5-15(6-9-26)11-23-20(22-4)25-18-17-7-10-27-19(17)21(18,2)3;/h13,15,17-19H,5-12H2,1-4H3,(H2,22,23,25);1H. The number of ether oxygens (including phenoxy) is 1. The normalized spacial score (nSPS) is 29.7. The Labute approximate surface area is 196 Å². The highest BCUT2D eigenvalue weighted by Crippen LogP contribution is 2.52. The van der Waals surface area contributed by atoms with Crippen molar-refractivity contribution in [1.29, 1.82) is 0 Å². The second kappa shape index (κ2) is 9.78. The SMILES string of the molecule is CN=C(NCC1CCN(Cc2csc(C)n2)CC1)NC1C2CCOC2C1(C)C.I. The molecule has 0 spiro atoms. The molecule has 6 nitrogen and oxygen atoms in total. The molecule has 0 bridgehead atoms. The number of nitrogens with one attached hydrogen (secondary N) is 2. The van der Waals surface area contributed by atoms with Crippen LogP contribution in [0.25, 0.3) is 0 Å². The molecule has 8 heteroatoms. The minimum absolute atomic E-state index is 0. The largest absolute Gasteiger partial charge is 0.377 e. The molecule has 0 radical (unpaired) electrons. The van der Waals surface area contributed by atoms with E-state index in [9.17, 15) is 0 Å². The molecule has 2 N–H and O–H groups in total. The van der Waals surface area contributed by atoms with Gasteiger partial charge < -0.3 is 15.4 Å². The lowest BCUT2D eigenvalue weighted by molar-refractivity contribution is -0.106. The maximum atomic E-state index is 5.91. The molecule has 0 amide bonds. The molecule has 2 aliphatic heterocycles. The van der Waals surface area contributed by atoms with E-state index < -0.39 is 0 Å². The second-order valence-corrected chi connectivity index (χ2v) is 10.3. The van der Waals surface area contributed by atoms with Crippen molar-refractivity contribution in [3.8, 4) is 0 Å². The van der Waals surface area contributed by atoms with Gasteiger partial charge >= 0.3 is 0 Å². The number of hydrogen-bond acceptors (Lipinski definition) is 5. The number of nitrogens with zero attached hydrogens (tertiary/aromatic N) is 3. The zero-order valence-electron chi connectivity index (χ0n) is 18.1. The zero-order chi connectivity index (χ0) is 19.7. The molecule has 3 heterocycles. The number of aliphatic imine (C=N–C) groups is 1. The number of fused-ring (bicyclic) bond motifs is 1. The molecule has 29 heavy (non-hydrogen) atoms. The molecule has 3 unspecified atom stereocenters. The minimum atomic E-state index is 0. The highest BCUT2D eigenvalue weighted by molar-refractivity contribution is 14.0. The lowest BCUT2D eigenvalue weighted by atomic mass is 9.57. The van der Waals surface area contributed by atoms with Crippen LogP contribution in [0.4, 0.5) is 0 Å². The van der Waals surface area contributed by atoms with Gasteiger partial charge in [0.2, 0.25) is 0 Å². The van der Waals surface area contributed by atoms with Crippen molar-refractivity contribution in [1.82, 2.24) is 20.5 Å². The van der Waals surface area contributed by atoms with Gasteiger partial charge in [0.05, 0.1) is 16.8 Å². The van der Waals surface area contributed by atoms with Gasteiger partial charge in [-0.05, 0) is 45.2 Å². The maximum Gasteiger partial charge on any atom is 0.191 e. The van der Waals surface area contributed by atoms with Crippen LogP contribution in [0.2, 0.25) is 0 Å². The van der Waals surface area contributed by atoms with Gasteiger partial charge in [-0.3, -0.25) is 9.89 Å². The molecule has 164 valence electrons. The van der Waals surface area contributed by atoms with Gasteiger partial charge in [-0.15, -0.1) is 35.3 Å². The van der Waals surface area contributed by atoms with Gasteiger partial charge in [0.15, 0.2) is 5.96 Å². The summed E-state index contributed by atoms with van der Waals surface area (Å²) in [7, 11) is 1.88. The Hall–Kier alpha value is -0.450. The fourth-order valence-corrected chi connectivity index (χ4v) is 5.86. The van der Waals surface area contributed by atoms with Gasteiger partial charge in [0, 0.05) is 49.5 Å². The molecule has 2 saturated heterocycles. The molecule has 3 aliphatic rings. The highest BCUT2D eigenvalue weighted by atomic mass is 127. The third-order valence-corrected chi connectivity index (χ3v) is 7.76. The van der Waals surface area contributed by atoms with Crippen molar-refractivity contribution < 1.29 is 4.74 Å². The molecule has 3 atom stereocenters. The van der Waals surface area contributed by atoms with Crippen molar-refractivity contribution in [3.05, 3.63) is 16.1 Å². The van der Waals surface area contributed by atoms with Gasteiger partial charge in [-0.25, -0.2) is 4.98 Å². The number of hydrogen-bond donors (Lipinski definition) is 2. The van der Waals surface area contributed by atoms with E-state index in [0.29, 0.717) is 24.0 Å². The number of likely N-dealkylation sites (tertiary alicyclic amines) is 1. The number of thiazole rings is 1. The number of guanidine groups is 1. The molecule has 0 aromatic carbocycles. The summed E-state index contributed by atoms with van der Waals surface area (Å²) in [6.45, 7) is 11.9. The first-order valence-corrected chi connectivity index (χ1v) is 11.6. The first-order chi connectivity index (χ1) is 13.5. The summed E-state index contributed by atoms with van der Waals surface area (Å²) in [5.74, 6) is 2.29. The fourth-order valence-electron chi connectivity index (χ4n) is 5.26. The average Bonchev–Trinajstić information content (AvgIpc) is 3.31. The summed E-state index contributed by atoms with van der Waals surface area (Å²) in [6, 6.07) is 0.453. The summed E-state index contributed by atoms with van der Waals surface area (Å²) < 4.78 is 5.91. The van der Waals surface area contributed by atoms with Gasteiger partial charge in [0.25, 0.3) is 0 Å². The van der Waals surface area contributed by atoms with E-state index in [0.717, 1.165) is 43.8 Å². The van der Waals surface area contributed by atoms with Gasteiger partial charge in [-0.2, -0.15) is 0 Å². The Morgan fingerprint density at radius 1 is 1.34 bits per heavy atom. The third kappa shape index (κ3) is 5.07. The van der Waals surface area contributed by atoms with Crippen molar-refractivity contribution >= 4 is 41.3 Å². The van der Waals surface area contributed by atoms with Crippen molar-refractivity contribution in [2.75, 3.05) is 33.3 Å². The quantitative estimate of drug-likeness (QED) is 0.346. The molecule has 1 saturated carbocycles. The number of halogens is 1. The van der Waals surface area contributed by atoms with E-state index in [-0.39, 0.29) is 29.4 Å². The smallest absolute Gasteiger partial charge is 0.191 e. The van der Waals surface area contributed by atoms with E-state index in [4.69, 9.17) is 4.74 Å². The fraction of sp³-hybridized carbons (Fsp3) is 0.810. The van der Waals surface area contributed by atoms with Gasteiger partial charge in [-0.1, -0.05) is 13.8 Å². The first kappa shape index (κ1) is 23.2. The average molecular weight is 534 g/mol. The predicted molar refractivity (Wildman–Crippen MR) is 130 cm³/mol. The monoisotopic (exact) mass is 533 g/mol. The summed E-state index contributed by atoms with van der Waals surface area (Å²) in [5.41, 5.74) is 1.40. The van der Waals surface area contributed by atoms with Crippen LogP contribution in [0.3, 0.4) is 0 Å². The summed E-state index contributed by atoms with van der Waals surface area (Å²) >= 11 is 1.75. The van der Waals surface area contributed by atoms with Crippen LogP contribution in [0.15, 0.2) is 10.4 Å². The molecule has 1 aromatic rings. The lowest BCUT2D eigenvalue weighted by Crippen LogP contribution is -2.68. The van der Waals surface area contributed by atoms with E-state index in [1.165, 1.54) is 25.0 Å². The number of piperidine rings is 1. The number of aromatic nitrogens is 1. The topological polar surface area (TPSA) is 61.8 Å². The molecule has 3 fully saturated rings. The number of aryl methyl sites for hydroxylation is 1. The Balaban J connectivity index is 0.00000240. The third-order valence-electron chi connectivity index (χ3n) is 6.93. The first-order valence-electron chi connectivity index (χ1n) is 10.7. The zero-order valence-corrected chi connectivity index (χ0v) is 21.3. The van der Waals surface area contributed by atoms with Crippen LogP contribution in [-0.2, 0) is 11.3 Å². The molecule has 1 aliphatic carbocycles. The van der Waals surface area contributed by atoms with Crippen LogP contribution in [0, 0.1) is 24.2 Å². The minimum Gasteiger partial charge on any atom is -0.377 e. The van der Waals surface area contributed by atoms with Crippen molar-refractivity contribution in [2.24, 2.45) is 22.2 Å². The second-order valence-electron chi connectivity index (χ2n) is 9.22. The lowest BCUT2D eigenvalue weighted by Gasteiger charge is -2.55. The van der Waals surface area contributed by atoms with Crippen molar-refractivity contribution in [2.45, 2.75) is 58.7 Å². The Bertz CT molecular complexity index is 701. The van der Waals surface area contributed by atoms with Crippen LogP contribution < -0.4 is 10.6 Å². The van der Waals surface area contributed by atoms with Crippen LogP contribution in [-0.4, -0.2) is 61.3 Å². The van der Waals surface area contributed by atoms with Crippen LogP contribution >= 0.6 is 35.3 Å². The van der Waals surface area contributed by atoms with E-state index in [1.54, 1.807) is 11.3 Å². The predicted octanol–water partition coefficient (Wildman–Crippen LogP) is 3.26. The van der Waals surface area contributed by atoms with E-state index in [1.807, 2.05) is 7.05 Å². The summed E-state index contributed by atoms with van der Waals surface area (Å²) in [5, 5.41) is 10.6. The Morgan fingerprint density at radius 2 is 2.10 bits per heavy atom. The molecular weight excluding hydrogens is 497 g/mol. The molecule has 4 rings (SSSR count). The summed E-state index contributed by atoms with van der Waals surface area (Å²) in [6.07, 6.45) is 4.05. The number of rotatable bonds is 5. The maximum absolute atomic E-state index is 5.91. The van der Waals surface area contributed by atoms with E-state index >= 15 is 0 Å².